The largest absolute Gasteiger partial charge is 0.480 e. The molecule has 1 saturated carbocycles. The van der Waals surface area contributed by atoms with Gasteiger partial charge in [0.15, 0.2) is 0 Å². The summed E-state index contributed by atoms with van der Waals surface area (Å²) in [4.78, 5) is 22.9. The number of carbonyl (C=O) groups excluding carboxylic acids is 1. The first kappa shape index (κ1) is 13.8. The fraction of sp³-hybridized carbons (Fsp3) is 0.833. The smallest absolute Gasteiger partial charge is 0.329 e. The van der Waals surface area contributed by atoms with Crippen molar-refractivity contribution >= 4 is 12.0 Å². The van der Waals surface area contributed by atoms with Gasteiger partial charge in [-0.1, -0.05) is 33.6 Å². The van der Waals surface area contributed by atoms with Crippen molar-refractivity contribution < 1.29 is 14.7 Å². The quantitative estimate of drug-likeness (QED) is 0.705. The van der Waals surface area contributed by atoms with E-state index in [1.165, 1.54) is 0 Å². The molecule has 0 bridgehead atoms. The summed E-state index contributed by atoms with van der Waals surface area (Å²) in [5, 5.41) is 14.5. The predicted molar refractivity (Wildman–Crippen MR) is 64.8 cm³/mol. The molecule has 5 nitrogen and oxygen atoms in total. The number of carboxylic acid groups (broad SMARTS) is 1. The fourth-order valence-corrected chi connectivity index (χ4v) is 1.98. The Bertz CT molecular complexity index is 301. The Morgan fingerprint density at radius 3 is 2.18 bits per heavy atom. The van der Waals surface area contributed by atoms with Crippen molar-refractivity contribution in [2.45, 2.75) is 52.0 Å². The number of rotatable bonds is 3. The molecule has 0 unspecified atom stereocenters. The first-order valence-corrected chi connectivity index (χ1v) is 6.05. The molecular formula is C12H22N2O3. The van der Waals surface area contributed by atoms with Gasteiger partial charge in [-0.25, -0.2) is 9.59 Å². The van der Waals surface area contributed by atoms with E-state index in [0.29, 0.717) is 19.4 Å². The molecule has 1 aliphatic carbocycles. The maximum atomic E-state index is 11.7. The Morgan fingerprint density at radius 2 is 1.76 bits per heavy atom. The third kappa shape index (κ3) is 3.91. The van der Waals surface area contributed by atoms with Crippen LogP contribution in [0.3, 0.4) is 0 Å². The highest BCUT2D eigenvalue weighted by molar-refractivity contribution is 5.86. The van der Waals surface area contributed by atoms with E-state index in [9.17, 15) is 14.7 Å². The molecule has 0 atom stereocenters. The zero-order valence-electron chi connectivity index (χ0n) is 10.8. The fourth-order valence-electron chi connectivity index (χ4n) is 1.98. The lowest BCUT2D eigenvalue weighted by Crippen LogP contribution is -2.56. The van der Waals surface area contributed by atoms with Crippen LogP contribution in [0, 0.1) is 5.41 Å². The number of aliphatic carboxylic acids is 1. The van der Waals surface area contributed by atoms with Gasteiger partial charge in [-0.15, -0.1) is 0 Å². The molecule has 5 heteroatoms. The lowest BCUT2D eigenvalue weighted by atomic mass is 9.96. The molecule has 98 valence electrons. The minimum absolute atomic E-state index is 0.0105. The number of carbonyl (C=O) groups is 2. The van der Waals surface area contributed by atoms with E-state index in [0.717, 1.165) is 12.8 Å². The molecule has 1 rings (SSSR count). The van der Waals surface area contributed by atoms with Crippen LogP contribution in [0.25, 0.3) is 0 Å². The second-order valence-electron chi connectivity index (χ2n) is 5.96. The van der Waals surface area contributed by atoms with E-state index in [-0.39, 0.29) is 11.4 Å². The van der Waals surface area contributed by atoms with Crippen molar-refractivity contribution in [1.82, 2.24) is 10.6 Å². The highest BCUT2D eigenvalue weighted by atomic mass is 16.4. The summed E-state index contributed by atoms with van der Waals surface area (Å²) in [5.41, 5.74) is -1.06. The van der Waals surface area contributed by atoms with Crippen LogP contribution in [-0.2, 0) is 4.79 Å². The highest BCUT2D eigenvalue weighted by Gasteiger charge is 2.42. The third-order valence-corrected chi connectivity index (χ3v) is 3.00. The average molecular weight is 242 g/mol. The molecule has 1 aliphatic rings. The van der Waals surface area contributed by atoms with Gasteiger partial charge in [0.2, 0.25) is 0 Å². The summed E-state index contributed by atoms with van der Waals surface area (Å²) in [5.74, 6) is -0.930. The van der Waals surface area contributed by atoms with E-state index in [1.54, 1.807) is 0 Å². The SMILES string of the molecule is CC(C)(C)CNC(=O)NC1(C(=O)O)CCCC1. The van der Waals surface area contributed by atoms with Crippen LogP contribution in [0.15, 0.2) is 0 Å². The van der Waals surface area contributed by atoms with Crippen LogP contribution in [-0.4, -0.2) is 29.2 Å². The van der Waals surface area contributed by atoms with Gasteiger partial charge in [0.1, 0.15) is 5.54 Å². The number of carboxylic acids is 1. The molecule has 0 aromatic heterocycles. The van der Waals surface area contributed by atoms with Crippen molar-refractivity contribution in [1.29, 1.82) is 0 Å². The lowest BCUT2D eigenvalue weighted by Gasteiger charge is -2.27. The van der Waals surface area contributed by atoms with E-state index in [1.807, 2.05) is 20.8 Å². The number of amides is 2. The van der Waals surface area contributed by atoms with Gasteiger partial charge in [0.05, 0.1) is 0 Å². The highest BCUT2D eigenvalue weighted by Crippen LogP contribution is 2.29. The molecule has 0 aromatic carbocycles. The number of nitrogens with one attached hydrogen (secondary N) is 2. The summed E-state index contributed by atoms with van der Waals surface area (Å²) in [6, 6.07) is -0.385. The topological polar surface area (TPSA) is 78.4 Å². The second-order valence-corrected chi connectivity index (χ2v) is 5.96. The Morgan fingerprint density at radius 1 is 1.24 bits per heavy atom. The number of hydrogen-bond donors (Lipinski definition) is 3. The zero-order chi connectivity index (χ0) is 13.1. The van der Waals surface area contributed by atoms with Crippen LogP contribution in [0.2, 0.25) is 0 Å². The third-order valence-electron chi connectivity index (χ3n) is 3.00. The second kappa shape index (κ2) is 4.94. The van der Waals surface area contributed by atoms with Crippen LogP contribution < -0.4 is 10.6 Å². The van der Waals surface area contributed by atoms with Gasteiger partial charge in [-0.05, 0) is 18.3 Å². The van der Waals surface area contributed by atoms with Crippen molar-refractivity contribution in [3.63, 3.8) is 0 Å². The summed E-state index contributed by atoms with van der Waals surface area (Å²) in [6.45, 7) is 6.55. The van der Waals surface area contributed by atoms with Crippen LogP contribution in [0.4, 0.5) is 4.79 Å². The Labute approximate surface area is 102 Å². The standard InChI is InChI=1S/C12H22N2O3/c1-11(2,3)8-13-10(17)14-12(9(15)16)6-4-5-7-12/h4-8H2,1-3H3,(H,15,16)(H2,13,14,17). The van der Waals surface area contributed by atoms with Crippen LogP contribution in [0.5, 0.6) is 0 Å². The predicted octanol–water partition coefficient (Wildman–Crippen LogP) is 1.73. The van der Waals surface area contributed by atoms with Crippen molar-refractivity contribution in [3.8, 4) is 0 Å². The first-order chi connectivity index (χ1) is 7.75. The minimum Gasteiger partial charge on any atom is -0.480 e. The van der Waals surface area contributed by atoms with Crippen molar-refractivity contribution in [2.24, 2.45) is 5.41 Å². The van der Waals surface area contributed by atoms with E-state index >= 15 is 0 Å². The monoisotopic (exact) mass is 242 g/mol. The summed E-state index contributed by atoms with van der Waals surface area (Å²) in [6.07, 6.45) is 2.74. The molecule has 0 aliphatic heterocycles. The number of urea groups is 1. The summed E-state index contributed by atoms with van der Waals surface area (Å²) >= 11 is 0. The molecule has 17 heavy (non-hydrogen) atoms. The Balaban J connectivity index is 2.51. The van der Waals surface area contributed by atoms with Gasteiger partial charge in [0.25, 0.3) is 0 Å². The van der Waals surface area contributed by atoms with Crippen molar-refractivity contribution in [3.05, 3.63) is 0 Å². The molecule has 0 spiro atoms. The van der Waals surface area contributed by atoms with Gasteiger partial charge in [-0.2, -0.15) is 0 Å². The molecule has 0 saturated heterocycles. The molecule has 0 radical (unpaired) electrons. The van der Waals surface area contributed by atoms with Gasteiger partial charge < -0.3 is 15.7 Å². The summed E-state index contributed by atoms with van der Waals surface area (Å²) in [7, 11) is 0. The molecule has 2 amide bonds. The van der Waals surface area contributed by atoms with Crippen LogP contribution >= 0.6 is 0 Å². The maximum absolute atomic E-state index is 11.7. The summed E-state index contributed by atoms with van der Waals surface area (Å²) < 4.78 is 0. The van der Waals surface area contributed by atoms with Gasteiger partial charge in [0, 0.05) is 6.54 Å². The van der Waals surface area contributed by atoms with Crippen molar-refractivity contribution in [2.75, 3.05) is 6.54 Å². The lowest BCUT2D eigenvalue weighted by molar-refractivity contribution is -0.144. The molecule has 1 fully saturated rings. The van der Waals surface area contributed by atoms with Crippen LogP contribution in [0.1, 0.15) is 46.5 Å². The van der Waals surface area contributed by atoms with E-state index in [4.69, 9.17) is 0 Å². The first-order valence-electron chi connectivity index (χ1n) is 6.05. The minimum atomic E-state index is -1.05. The average Bonchev–Trinajstić information content (AvgIpc) is 2.63. The molecular weight excluding hydrogens is 220 g/mol. The zero-order valence-corrected chi connectivity index (χ0v) is 10.8. The van der Waals surface area contributed by atoms with Gasteiger partial charge in [-0.3, -0.25) is 0 Å². The van der Waals surface area contributed by atoms with Gasteiger partial charge >= 0.3 is 12.0 Å². The normalized spacial score (nSPS) is 18.8. The van der Waals surface area contributed by atoms with E-state index in [2.05, 4.69) is 10.6 Å². The molecule has 0 heterocycles. The van der Waals surface area contributed by atoms with E-state index < -0.39 is 11.5 Å². The number of hydrogen-bond acceptors (Lipinski definition) is 2. The Kier molecular flexibility index (Phi) is 4.01. The Hall–Kier alpha value is -1.26. The molecule has 3 N–H and O–H groups in total. The molecule has 0 aromatic rings. The maximum Gasteiger partial charge on any atom is 0.329 e.